The number of fused-ring (bicyclic) bond motifs is 1. The van der Waals surface area contributed by atoms with Crippen molar-refractivity contribution in [1.82, 2.24) is 0 Å². The maximum atomic E-state index is 9.66. The van der Waals surface area contributed by atoms with E-state index in [0.29, 0.717) is 5.92 Å². The first kappa shape index (κ1) is 12.7. The highest BCUT2D eigenvalue weighted by Gasteiger charge is 2.35. The van der Waals surface area contributed by atoms with Crippen LogP contribution >= 0.6 is 0 Å². The largest absolute Gasteiger partial charge is 0.198 e. The standard InChI is InChI=1S/C18H23N/c1-14-4-3-9-18(11-14,13-19)12-15-7-8-16-5-2-6-17(16)10-15/h7-8,10,14H,2-6,9,11-12H2,1H3. The Kier molecular flexibility index (Phi) is 3.35. The fraction of sp³-hybridized carbons (Fsp3) is 0.611. The maximum Gasteiger partial charge on any atom is 0.0693 e. The number of rotatable bonds is 2. The molecule has 0 saturated heterocycles. The summed E-state index contributed by atoms with van der Waals surface area (Å²) in [7, 11) is 0. The monoisotopic (exact) mass is 253 g/mol. The van der Waals surface area contributed by atoms with E-state index < -0.39 is 0 Å². The Bertz CT molecular complexity index is 511. The lowest BCUT2D eigenvalue weighted by Crippen LogP contribution is -2.28. The third-order valence-corrected chi connectivity index (χ3v) is 5.03. The smallest absolute Gasteiger partial charge is 0.0693 e. The Hall–Kier alpha value is -1.29. The molecule has 0 aromatic heterocycles. The number of benzene rings is 1. The molecule has 0 aliphatic heterocycles. The van der Waals surface area contributed by atoms with Crippen LogP contribution in [0.1, 0.15) is 55.7 Å². The third-order valence-electron chi connectivity index (χ3n) is 5.03. The van der Waals surface area contributed by atoms with Crippen LogP contribution in [0.5, 0.6) is 0 Å². The van der Waals surface area contributed by atoms with Crippen molar-refractivity contribution in [1.29, 1.82) is 5.26 Å². The molecule has 1 saturated carbocycles. The molecule has 0 spiro atoms. The van der Waals surface area contributed by atoms with Crippen LogP contribution in [-0.4, -0.2) is 0 Å². The molecule has 2 aliphatic carbocycles. The summed E-state index contributed by atoms with van der Waals surface area (Å²) < 4.78 is 0. The van der Waals surface area contributed by atoms with Crippen molar-refractivity contribution in [2.75, 3.05) is 0 Å². The van der Waals surface area contributed by atoms with Gasteiger partial charge >= 0.3 is 0 Å². The number of nitriles is 1. The minimum atomic E-state index is -0.0928. The fourth-order valence-electron chi connectivity index (χ4n) is 4.09. The molecule has 1 aromatic carbocycles. The molecule has 1 aromatic rings. The van der Waals surface area contributed by atoms with Crippen LogP contribution in [0.15, 0.2) is 18.2 Å². The molecule has 0 N–H and O–H groups in total. The average molecular weight is 253 g/mol. The van der Waals surface area contributed by atoms with E-state index in [1.165, 1.54) is 48.8 Å². The van der Waals surface area contributed by atoms with Gasteiger partial charge in [-0.15, -0.1) is 0 Å². The first-order valence-electron chi connectivity index (χ1n) is 7.73. The number of nitrogens with zero attached hydrogens (tertiary/aromatic N) is 1. The Labute approximate surface area is 116 Å². The summed E-state index contributed by atoms with van der Waals surface area (Å²) in [6, 6.07) is 9.61. The van der Waals surface area contributed by atoms with Crippen molar-refractivity contribution in [3.8, 4) is 6.07 Å². The number of hydrogen-bond acceptors (Lipinski definition) is 1. The Balaban J connectivity index is 1.81. The summed E-state index contributed by atoms with van der Waals surface area (Å²) in [6.45, 7) is 2.30. The van der Waals surface area contributed by atoms with E-state index >= 15 is 0 Å². The van der Waals surface area contributed by atoms with Crippen LogP contribution in [0.2, 0.25) is 0 Å². The van der Waals surface area contributed by atoms with Crippen LogP contribution in [0, 0.1) is 22.7 Å². The van der Waals surface area contributed by atoms with E-state index in [4.69, 9.17) is 0 Å². The minimum Gasteiger partial charge on any atom is -0.198 e. The highest BCUT2D eigenvalue weighted by molar-refractivity contribution is 5.36. The Morgan fingerprint density at radius 3 is 2.89 bits per heavy atom. The van der Waals surface area contributed by atoms with Crippen molar-refractivity contribution < 1.29 is 0 Å². The molecular weight excluding hydrogens is 230 g/mol. The zero-order valence-electron chi connectivity index (χ0n) is 11.9. The molecule has 1 nitrogen and oxygen atoms in total. The predicted molar refractivity (Wildman–Crippen MR) is 77.8 cm³/mol. The van der Waals surface area contributed by atoms with Crippen LogP contribution in [0.3, 0.4) is 0 Å². The first-order valence-corrected chi connectivity index (χ1v) is 7.73. The van der Waals surface area contributed by atoms with Crippen LogP contribution in [0.4, 0.5) is 0 Å². The van der Waals surface area contributed by atoms with Crippen molar-refractivity contribution >= 4 is 0 Å². The lowest BCUT2D eigenvalue weighted by Gasteiger charge is -2.34. The highest BCUT2D eigenvalue weighted by Crippen LogP contribution is 2.41. The minimum absolute atomic E-state index is 0.0928. The highest BCUT2D eigenvalue weighted by atomic mass is 14.4. The van der Waals surface area contributed by atoms with Crippen molar-refractivity contribution in [2.45, 2.75) is 58.3 Å². The number of aryl methyl sites for hydroxylation is 2. The summed E-state index contributed by atoms with van der Waals surface area (Å²) in [6.07, 6.45) is 9.44. The van der Waals surface area contributed by atoms with E-state index in [9.17, 15) is 5.26 Å². The molecule has 1 fully saturated rings. The van der Waals surface area contributed by atoms with Gasteiger partial charge in [-0.2, -0.15) is 5.26 Å². The summed E-state index contributed by atoms with van der Waals surface area (Å²) in [5.74, 6) is 0.711. The summed E-state index contributed by atoms with van der Waals surface area (Å²) in [5, 5.41) is 9.66. The van der Waals surface area contributed by atoms with Crippen LogP contribution < -0.4 is 0 Å². The quantitative estimate of drug-likeness (QED) is 0.764. The fourth-order valence-corrected chi connectivity index (χ4v) is 4.09. The van der Waals surface area contributed by atoms with E-state index in [2.05, 4.69) is 31.2 Å². The predicted octanol–water partition coefficient (Wildman–Crippen LogP) is 4.44. The number of hydrogen-bond donors (Lipinski definition) is 0. The van der Waals surface area contributed by atoms with Gasteiger partial charge in [0.1, 0.15) is 0 Å². The van der Waals surface area contributed by atoms with Gasteiger partial charge in [-0.1, -0.05) is 38.0 Å². The van der Waals surface area contributed by atoms with E-state index in [0.717, 1.165) is 19.3 Å². The van der Waals surface area contributed by atoms with Crippen molar-refractivity contribution in [3.63, 3.8) is 0 Å². The zero-order chi connectivity index (χ0) is 13.3. The van der Waals surface area contributed by atoms with Gasteiger partial charge < -0.3 is 0 Å². The molecule has 0 heterocycles. The second-order valence-electron chi connectivity index (χ2n) is 6.73. The molecule has 3 rings (SSSR count). The van der Waals surface area contributed by atoms with Gasteiger partial charge in [0.2, 0.25) is 0 Å². The van der Waals surface area contributed by atoms with Crippen LogP contribution in [0.25, 0.3) is 0 Å². The lowest BCUT2D eigenvalue weighted by molar-refractivity contribution is 0.209. The first-order chi connectivity index (χ1) is 9.21. The van der Waals surface area contributed by atoms with Gasteiger partial charge in [0.05, 0.1) is 11.5 Å². The van der Waals surface area contributed by atoms with Gasteiger partial charge in [-0.3, -0.25) is 0 Å². The van der Waals surface area contributed by atoms with E-state index in [1.807, 2.05) is 0 Å². The van der Waals surface area contributed by atoms with Gasteiger partial charge in [0.25, 0.3) is 0 Å². The Morgan fingerprint density at radius 2 is 2.11 bits per heavy atom. The molecule has 0 bridgehead atoms. The normalized spacial score (nSPS) is 29.8. The van der Waals surface area contributed by atoms with Crippen molar-refractivity contribution in [3.05, 3.63) is 34.9 Å². The van der Waals surface area contributed by atoms with Crippen LogP contribution in [-0.2, 0) is 19.3 Å². The summed E-state index contributed by atoms with van der Waals surface area (Å²) >= 11 is 0. The van der Waals surface area contributed by atoms with Gasteiger partial charge in [0.15, 0.2) is 0 Å². The second-order valence-corrected chi connectivity index (χ2v) is 6.73. The molecular formula is C18H23N. The van der Waals surface area contributed by atoms with Gasteiger partial charge in [-0.25, -0.2) is 0 Å². The molecule has 100 valence electrons. The second kappa shape index (κ2) is 5.00. The SMILES string of the molecule is CC1CCCC(C#N)(Cc2ccc3c(c2)CCC3)C1. The zero-order valence-corrected chi connectivity index (χ0v) is 11.9. The van der Waals surface area contributed by atoms with E-state index in [-0.39, 0.29) is 5.41 Å². The van der Waals surface area contributed by atoms with Crippen molar-refractivity contribution in [2.24, 2.45) is 11.3 Å². The van der Waals surface area contributed by atoms with Gasteiger partial charge in [0, 0.05) is 0 Å². The average Bonchev–Trinajstić information content (AvgIpc) is 2.86. The molecule has 0 amide bonds. The molecule has 19 heavy (non-hydrogen) atoms. The topological polar surface area (TPSA) is 23.8 Å². The van der Waals surface area contributed by atoms with E-state index in [1.54, 1.807) is 0 Å². The molecule has 2 aliphatic rings. The molecule has 2 atom stereocenters. The molecule has 2 unspecified atom stereocenters. The summed E-state index contributed by atoms with van der Waals surface area (Å²) in [4.78, 5) is 0. The molecule has 1 heteroatoms. The lowest BCUT2D eigenvalue weighted by atomic mass is 9.68. The summed E-state index contributed by atoms with van der Waals surface area (Å²) in [5.41, 5.74) is 4.36. The molecule has 0 radical (unpaired) electrons. The Morgan fingerprint density at radius 1 is 1.26 bits per heavy atom. The third kappa shape index (κ3) is 2.54. The maximum absolute atomic E-state index is 9.66. The van der Waals surface area contributed by atoms with Gasteiger partial charge in [-0.05, 0) is 61.1 Å².